The standard InChI is InChI=1S/C33H29N3O3/c1-3-35(4-2)33(37)39-31-18-17-30-29(32(31)26-15-13-24(22-34)14-16-26)19-20-36(30)23-25-9-8-12-28(21-25)38-27-10-6-5-7-11-27/h5-21H,3-4,23H2,1-2H3. The third-order valence-corrected chi connectivity index (χ3v) is 6.67. The maximum absolute atomic E-state index is 12.8. The Balaban J connectivity index is 1.51. The molecule has 5 rings (SSSR count). The number of carbonyl (C=O) groups excluding carboxylic acids is 1. The van der Waals surface area contributed by atoms with Gasteiger partial charge in [0.25, 0.3) is 0 Å². The Morgan fingerprint density at radius 1 is 0.872 bits per heavy atom. The fourth-order valence-electron chi connectivity index (χ4n) is 4.65. The molecule has 0 saturated heterocycles. The van der Waals surface area contributed by atoms with Crippen LogP contribution in [0.3, 0.4) is 0 Å². The zero-order chi connectivity index (χ0) is 27.2. The summed E-state index contributed by atoms with van der Waals surface area (Å²) < 4.78 is 14.1. The van der Waals surface area contributed by atoms with Gasteiger partial charge in [0.05, 0.1) is 11.6 Å². The average Bonchev–Trinajstić information content (AvgIpc) is 3.37. The average molecular weight is 516 g/mol. The van der Waals surface area contributed by atoms with Crippen LogP contribution in [0, 0.1) is 11.3 Å². The van der Waals surface area contributed by atoms with Crippen LogP contribution in [0.15, 0.2) is 103 Å². The topological polar surface area (TPSA) is 67.5 Å². The van der Waals surface area contributed by atoms with Gasteiger partial charge in [-0.1, -0.05) is 42.5 Å². The van der Waals surface area contributed by atoms with E-state index in [1.165, 1.54) is 0 Å². The minimum atomic E-state index is -0.385. The van der Waals surface area contributed by atoms with Crippen LogP contribution in [0.2, 0.25) is 0 Å². The van der Waals surface area contributed by atoms with Crippen molar-refractivity contribution in [2.45, 2.75) is 20.4 Å². The summed E-state index contributed by atoms with van der Waals surface area (Å²) in [7, 11) is 0. The normalized spacial score (nSPS) is 10.7. The first-order valence-corrected chi connectivity index (χ1v) is 13.0. The quantitative estimate of drug-likeness (QED) is 0.211. The monoisotopic (exact) mass is 515 g/mol. The summed E-state index contributed by atoms with van der Waals surface area (Å²) in [5, 5.41) is 10.2. The molecule has 5 aromatic rings. The maximum Gasteiger partial charge on any atom is 0.415 e. The minimum Gasteiger partial charge on any atom is -0.457 e. The number of hydrogen-bond donors (Lipinski definition) is 0. The molecule has 0 atom stereocenters. The van der Waals surface area contributed by atoms with Crippen molar-refractivity contribution < 1.29 is 14.3 Å². The van der Waals surface area contributed by atoms with Crippen molar-refractivity contribution in [3.8, 4) is 34.4 Å². The second kappa shape index (κ2) is 11.6. The number of para-hydroxylation sites is 1. The lowest BCUT2D eigenvalue weighted by Crippen LogP contribution is -2.33. The van der Waals surface area contributed by atoms with Gasteiger partial charge in [0, 0.05) is 42.3 Å². The number of hydrogen-bond acceptors (Lipinski definition) is 4. The van der Waals surface area contributed by atoms with Gasteiger partial charge in [0.2, 0.25) is 0 Å². The molecule has 1 aromatic heterocycles. The van der Waals surface area contributed by atoms with Crippen LogP contribution < -0.4 is 9.47 Å². The molecule has 1 amide bonds. The Hall–Kier alpha value is -5.02. The molecule has 0 radical (unpaired) electrons. The van der Waals surface area contributed by atoms with Crippen LogP contribution in [0.25, 0.3) is 22.0 Å². The molecule has 0 aliphatic heterocycles. The molecule has 0 saturated carbocycles. The van der Waals surface area contributed by atoms with E-state index < -0.39 is 0 Å². The second-order valence-corrected chi connectivity index (χ2v) is 9.11. The highest BCUT2D eigenvalue weighted by Gasteiger charge is 2.19. The molecule has 0 spiro atoms. The molecule has 1 heterocycles. The lowest BCUT2D eigenvalue weighted by atomic mass is 9.99. The molecule has 6 heteroatoms. The predicted molar refractivity (Wildman–Crippen MR) is 153 cm³/mol. The van der Waals surface area contributed by atoms with Gasteiger partial charge >= 0.3 is 6.09 Å². The molecule has 6 nitrogen and oxygen atoms in total. The van der Waals surface area contributed by atoms with E-state index in [9.17, 15) is 10.1 Å². The summed E-state index contributed by atoms with van der Waals surface area (Å²) in [5.41, 5.74) is 4.36. The highest BCUT2D eigenvalue weighted by Crippen LogP contribution is 2.38. The van der Waals surface area contributed by atoms with E-state index in [-0.39, 0.29) is 6.09 Å². The van der Waals surface area contributed by atoms with Crippen LogP contribution in [-0.4, -0.2) is 28.6 Å². The number of nitrogens with zero attached hydrogens (tertiary/aromatic N) is 3. The summed E-state index contributed by atoms with van der Waals surface area (Å²) in [6, 6.07) is 33.2. The molecule has 4 aromatic carbocycles. The largest absolute Gasteiger partial charge is 0.457 e. The number of benzene rings is 4. The Kier molecular flexibility index (Phi) is 7.60. The van der Waals surface area contributed by atoms with Crippen molar-refractivity contribution in [1.29, 1.82) is 5.26 Å². The van der Waals surface area contributed by atoms with E-state index in [2.05, 4.69) is 16.7 Å². The lowest BCUT2D eigenvalue weighted by molar-refractivity contribution is 0.157. The summed E-state index contributed by atoms with van der Waals surface area (Å²) in [5.74, 6) is 2.05. The van der Waals surface area contributed by atoms with Crippen molar-refractivity contribution in [1.82, 2.24) is 9.47 Å². The number of ether oxygens (including phenoxy) is 2. The molecule has 0 aliphatic carbocycles. The van der Waals surface area contributed by atoms with Gasteiger partial charge in [-0.25, -0.2) is 4.79 Å². The van der Waals surface area contributed by atoms with Crippen molar-refractivity contribution >= 4 is 17.0 Å². The van der Waals surface area contributed by atoms with E-state index in [0.717, 1.165) is 39.1 Å². The Bertz CT molecular complexity index is 1630. The van der Waals surface area contributed by atoms with Gasteiger partial charge in [0.1, 0.15) is 17.2 Å². The third-order valence-electron chi connectivity index (χ3n) is 6.67. The molecule has 0 fully saturated rings. The molecular weight excluding hydrogens is 486 g/mol. The number of amides is 1. The SMILES string of the molecule is CCN(CC)C(=O)Oc1ccc2c(ccn2Cc2cccc(Oc3ccccc3)c2)c1-c1ccc(C#N)cc1. The first-order chi connectivity index (χ1) is 19.1. The van der Waals surface area contributed by atoms with E-state index in [1.807, 2.05) is 98.9 Å². The van der Waals surface area contributed by atoms with E-state index >= 15 is 0 Å². The molecule has 0 aliphatic rings. The molecule has 39 heavy (non-hydrogen) atoms. The Morgan fingerprint density at radius 2 is 1.62 bits per heavy atom. The van der Waals surface area contributed by atoms with Crippen molar-refractivity contribution in [2.75, 3.05) is 13.1 Å². The number of nitriles is 1. The van der Waals surface area contributed by atoms with Gasteiger partial charge in [0.15, 0.2) is 0 Å². The van der Waals surface area contributed by atoms with E-state index in [1.54, 1.807) is 17.0 Å². The fraction of sp³-hybridized carbons (Fsp3) is 0.152. The van der Waals surface area contributed by atoms with Crippen molar-refractivity contribution in [3.05, 3.63) is 114 Å². The number of aromatic nitrogens is 1. The first kappa shape index (κ1) is 25.6. The highest BCUT2D eigenvalue weighted by atomic mass is 16.6. The number of carbonyl (C=O) groups is 1. The molecule has 0 unspecified atom stereocenters. The van der Waals surface area contributed by atoms with Gasteiger partial charge in [-0.05, 0) is 79.6 Å². The second-order valence-electron chi connectivity index (χ2n) is 9.11. The van der Waals surface area contributed by atoms with Gasteiger partial charge in [-0.3, -0.25) is 0 Å². The predicted octanol–water partition coefficient (Wildman–Crippen LogP) is 7.86. The van der Waals surface area contributed by atoms with Crippen LogP contribution in [0.1, 0.15) is 25.0 Å². The van der Waals surface area contributed by atoms with E-state index in [4.69, 9.17) is 9.47 Å². The van der Waals surface area contributed by atoms with Crippen LogP contribution in [0.5, 0.6) is 17.2 Å². The molecule has 194 valence electrons. The van der Waals surface area contributed by atoms with Crippen molar-refractivity contribution in [2.24, 2.45) is 0 Å². The summed E-state index contributed by atoms with van der Waals surface area (Å²) in [4.78, 5) is 14.5. The van der Waals surface area contributed by atoms with Gasteiger partial charge in [-0.2, -0.15) is 5.26 Å². The third kappa shape index (κ3) is 5.63. The van der Waals surface area contributed by atoms with Crippen molar-refractivity contribution in [3.63, 3.8) is 0 Å². The van der Waals surface area contributed by atoms with Crippen LogP contribution >= 0.6 is 0 Å². The molecule has 0 bridgehead atoms. The van der Waals surface area contributed by atoms with E-state index in [0.29, 0.717) is 30.9 Å². The zero-order valence-corrected chi connectivity index (χ0v) is 22.0. The fourth-order valence-corrected chi connectivity index (χ4v) is 4.65. The summed E-state index contributed by atoms with van der Waals surface area (Å²) >= 11 is 0. The first-order valence-electron chi connectivity index (χ1n) is 13.0. The van der Waals surface area contributed by atoms with Gasteiger partial charge in [-0.15, -0.1) is 0 Å². The summed E-state index contributed by atoms with van der Waals surface area (Å²) in [6.45, 7) is 5.62. The molecule has 0 N–H and O–H groups in total. The lowest BCUT2D eigenvalue weighted by Gasteiger charge is -2.20. The molecular formula is C33H29N3O3. The number of fused-ring (bicyclic) bond motifs is 1. The zero-order valence-electron chi connectivity index (χ0n) is 22.0. The minimum absolute atomic E-state index is 0.385. The number of rotatable bonds is 8. The van der Waals surface area contributed by atoms with Crippen LogP contribution in [-0.2, 0) is 6.54 Å². The highest BCUT2D eigenvalue weighted by molar-refractivity contribution is 5.99. The van der Waals surface area contributed by atoms with Gasteiger partial charge < -0.3 is 18.9 Å². The Morgan fingerprint density at radius 3 is 2.33 bits per heavy atom. The van der Waals surface area contributed by atoms with Crippen LogP contribution in [0.4, 0.5) is 4.79 Å². The smallest absolute Gasteiger partial charge is 0.415 e. The Labute approximate surface area is 228 Å². The maximum atomic E-state index is 12.8. The summed E-state index contributed by atoms with van der Waals surface area (Å²) in [6.07, 6.45) is 1.65.